The molecule has 0 bridgehead atoms. The molecule has 3 rings (SSSR count). The molecule has 2 aromatic rings. The first-order valence-electron chi connectivity index (χ1n) is 9.51. The number of H-pyrrole nitrogens is 2. The second kappa shape index (κ2) is 9.37. The Hall–Kier alpha value is -2.45. The maximum Gasteiger partial charge on any atom is 0.323 e. The van der Waals surface area contributed by atoms with Crippen LogP contribution in [-0.4, -0.2) is 59.6 Å². The second-order valence-corrected chi connectivity index (χ2v) is 8.07. The molecule has 1 saturated heterocycles. The van der Waals surface area contributed by atoms with Crippen LogP contribution in [0.15, 0.2) is 29.1 Å². The summed E-state index contributed by atoms with van der Waals surface area (Å²) < 4.78 is 5.46. The first kappa shape index (κ1) is 22.8. The Balaban J connectivity index is 0.00000300. The maximum absolute atomic E-state index is 12.5. The summed E-state index contributed by atoms with van der Waals surface area (Å²) in [7, 11) is 1.68. The van der Waals surface area contributed by atoms with Crippen molar-refractivity contribution in [3.8, 4) is 5.75 Å². The van der Waals surface area contributed by atoms with Crippen molar-refractivity contribution in [2.24, 2.45) is 0 Å². The average molecular weight is 424 g/mol. The number of aromatic amines is 2. The molecule has 1 aromatic heterocycles. The van der Waals surface area contributed by atoms with Crippen LogP contribution in [-0.2, 0) is 6.54 Å². The predicted octanol–water partition coefficient (Wildman–Crippen LogP) is 1.98. The van der Waals surface area contributed by atoms with Gasteiger partial charge in [0.15, 0.2) is 0 Å². The number of rotatable bonds is 5. The number of para-hydroxylation sites is 2. The van der Waals surface area contributed by atoms with Crippen molar-refractivity contribution in [3.05, 3.63) is 46.1 Å². The predicted molar refractivity (Wildman–Crippen MR) is 116 cm³/mol. The highest BCUT2D eigenvalue weighted by molar-refractivity contribution is 5.93. The Bertz CT molecular complexity index is 879. The van der Waals surface area contributed by atoms with Crippen LogP contribution in [0, 0.1) is 0 Å². The molecule has 1 aliphatic rings. The van der Waals surface area contributed by atoms with Crippen LogP contribution in [0.1, 0.15) is 37.0 Å². The highest BCUT2D eigenvalue weighted by Crippen LogP contribution is 2.28. The third-order valence-corrected chi connectivity index (χ3v) is 4.70. The highest BCUT2D eigenvalue weighted by atomic mass is 35.5. The number of nitrogens with zero attached hydrogens (tertiary/aromatic N) is 2. The minimum absolute atomic E-state index is 0. The molecule has 1 amide bonds. The number of methoxy groups -OCH3 is 1. The number of aromatic nitrogens is 2. The van der Waals surface area contributed by atoms with E-state index in [0.29, 0.717) is 17.9 Å². The number of carbonyl (C=O) groups excluding carboxylic acids is 1. The molecule has 0 radical (unpaired) electrons. The molecule has 2 heterocycles. The second-order valence-electron chi connectivity index (χ2n) is 8.07. The summed E-state index contributed by atoms with van der Waals surface area (Å²) in [4.78, 5) is 34.2. The lowest BCUT2D eigenvalue weighted by Gasteiger charge is -2.36. The van der Waals surface area contributed by atoms with Gasteiger partial charge in [0.05, 0.1) is 18.5 Å². The Morgan fingerprint density at radius 2 is 1.79 bits per heavy atom. The molecular formula is C20H30ClN5O3. The van der Waals surface area contributed by atoms with E-state index in [1.54, 1.807) is 7.11 Å². The number of hydrogen-bond donors (Lipinski definition) is 3. The number of benzene rings is 1. The monoisotopic (exact) mass is 423 g/mol. The zero-order chi connectivity index (χ0) is 20.3. The van der Waals surface area contributed by atoms with Gasteiger partial charge in [0.25, 0.3) is 5.91 Å². The maximum atomic E-state index is 12.5. The molecule has 0 saturated carbocycles. The third kappa shape index (κ3) is 5.77. The fraction of sp³-hybridized carbons (Fsp3) is 0.500. The smallest absolute Gasteiger partial charge is 0.323 e. The summed E-state index contributed by atoms with van der Waals surface area (Å²) in [5.41, 5.74) is 1.29. The molecule has 8 nitrogen and oxygen atoms in total. The number of ether oxygens (including phenoxy) is 1. The first-order valence-corrected chi connectivity index (χ1v) is 9.51. The molecule has 9 heteroatoms. The van der Waals surface area contributed by atoms with E-state index in [-0.39, 0.29) is 29.5 Å². The van der Waals surface area contributed by atoms with E-state index >= 15 is 0 Å². The molecule has 0 unspecified atom stereocenters. The molecule has 1 aromatic carbocycles. The van der Waals surface area contributed by atoms with Gasteiger partial charge < -0.3 is 24.9 Å². The minimum atomic E-state index is -0.372. The van der Waals surface area contributed by atoms with Crippen LogP contribution in [0.25, 0.3) is 0 Å². The molecule has 29 heavy (non-hydrogen) atoms. The van der Waals surface area contributed by atoms with Gasteiger partial charge in [-0.15, -0.1) is 12.4 Å². The van der Waals surface area contributed by atoms with Crippen molar-refractivity contribution in [1.82, 2.24) is 20.2 Å². The van der Waals surface area contributed by atoms with Crippen molar-refractivity contribution in [1.29, 1.82) is 0 Å². The van der Waals surface area contributed by atoms with Crippen LogP contribution in [0.3, 0.4) is 0 Å². The van der Waals surface area contributed by atoms with Crippen molar-refractivity contribution in [2.75, 3.05) is 38.2 Å². The topological polar surface area (TPSA) is 93.5 Å². The SMILES string of the molecule is COc1ccccc1N1CCN(Cc2[nH]c(=O)[nH]c2C(=O)NC(C)(C)C)CC1.Cl. The van der Waals surface area contributed by atoms with Gasteiger partial charge in [-0.2, -0.15) is 0 Å². The van der Waals surface area contributed by atoms with Gasteiger partial charge in [0, 0.05) is 38.3 Å². The van der Waals surface area contributed by atoms with E-state index in [2.05, 4.69) is 31.2 Å². The Kier molecular flexibility index (Phi) is 7.37. The van der Waals surface area contributed by atoms with Gasteiger partial charge >= 0.3 is 5.69 Å². The molecule has 0 spiro atoms. The number of halogens is 1. The van der Waals surface area contributed by atoms with E-state index in [9.17, 15) is 9.59 Å². The lowest BCUT2D eigenvalue weighted by Crippen LogP contribution is -2.46. The Morgan fingerprint density at radius 1 is 1.14 bits per heavy atom. The van der Waals surface area contributed by atoms with Crippen molar-refractivity contribution in [2.45, 2.75) is 32.9 Å². The van der Waals surface area contributed by atoms with Crippen molar-refractivity contribution < 1.29 is 9.53 Å². The fourth-order valence-corrected chi connectivity index (χ4v) is 3.40. The van der Waals surface area contributed by atoms with Crippen LogP contribution >= 0.6 is 12.4 Å². The third-order valence-electron chi connectivity index (χ3n) is 4.70. The molecule has 1 fully saturated rings. The first-order chi connectivity index (χ1) is 13.3. The molecule has 0 aliphatic carbocycles. The molecule has 3 N–H and O–H groups in total. The highest BCUT2D eigenvalue weighted by Gasteiger charge is 2.24. The van der Waals surface area contributed by atoms with Gasteiger partial charge in [0.2, 0.25) is 0 Å². The summed E-state index contributed by atoms with van der Waals surface area (Å²) in [6.45, 7) is 9.59. The number of amides is 1. The summed E-state index contributed by atoms with van der Waals surface area (Å²) in [5, 5.41) is 2.90. The van der Waals surface area contributed by atoms with E-state index < -0.39 is 0 Å². The standard InChI is InChI=1S/C20H29N5O3.ClH/c1-20(2,3)23-18(26)17-14(21-19(27)22-17)13-24-9-11-25(12-10-24)15-7-5-6-8-16(15)28-4;/h5-8H,9-13H2,1-4H3,(H,23,26)(H2,21,22,27);1H. The van der Waals surface area contributed by atoms with Crippen LogP contribution in [0.2, 0.25) is 0 Å². The minimum Gasteiger partial charge on any atom is -0.495 e. The molecule has 160 valence electrons. The van der Waals surface area contributed by atoms with E-state index in [1.807, 2.05) is 39.0 Å². The molecular weight excluding hydrogens is 394 g/mol. The largest absolute Gasteiger partial charge is 0.495 e. The number of imidazole rings is 1. The van der Waals surface area contributed by atoms with Gasteiger partial charge in [0.1, 0.15) is 11.4 Å². The lowest BCUT2D eigenvalue weighted by atomic mass is 10.1. The molecule has 0 atom stereocenters. The fourth-order valence-electron chi connectivity index (χ4n) is 3.40. The van der Waals surface area contributed by atoms with Gasteiger partial charge in [-0.25, -0.2) is 4.79 Å². The number of carbonyl (C=O) groups is 1. The molecule has 1 aliphatic heterocycles. The average Bonchev–Trinajstić information content (AvgIpc) is 3.01. The number of nitrogens with one attached hydrogen (secondary N) is 3. The number of anilines is 1. The Labute approximate surface area is 177 Å². The van der Waals surface area contributed by atoms with Gasteiger partial charge in [-0.05, 0) is 32.9 Å². The van der Waals surface area contributed by atoms with Crippen LogP contribution in [0.4, 0.5) is 5.69 Å². The summed E-state index contributed by atoms with van der Waals surface area (Å²) >= 11 is 0. The van der Waals surface area contributed by atoms with Crippen molar-refractivity contribution in [3.63, 3.8) is 0 Å². The van der Waals surface area contributed by atoms with Gasteiger partial charge in [-0.3, -0.25) is 9.69 Å². The Morgan fingerprint density at radius 3 is 2.41 bits per heavy atom. The van der Waals surface area contributed by atoms with E-state index in [0.717, 1.165) is 37.6 Å². The zero-order valence-corrected chi connectivity index (χ0v) is 18.2. The number of piperazine rings is 1. The summed E-state index contributed by atoms with van der Waals surface area (Å²) in [5.74, 6) is 0.598. The van der Waals surface area contributed by atoms with Crippen molar-refractivity contribution >= 4 is 24.0 Å². The summed E-state index contributed by atoms with van der Waals surface area (Å²) in [6, 6.07) is 8.00. The van der Waals surface area contributed by atoms with Crippen LogP contribution in [0.5, 0.6) is 5.75 Å². The normalized spacial score (nSPS) is 15.0. The zero-order valence-electron chi connectivity index (χ0n) is 17.4. The quantitative estimate of drug-likeness (QED) is 0.683. The summed E-state index contributed by atoms with van der Waals surface area (Å²) in [6.07, 6.45) is 0. The lowest BCUT2D eigenvalue weighted by molar-refractivity contribution is 0.0912. The van der Waals surface area contributed by atoms with Gasteiger partial charge in [-0.1, -0.05) is 12.1 Å². The van der Waals surface area contributed by atoms with E-state index in [4.69, 9.17) is 4.74 Å². The van der Waals surface area contributed by atoms with Crippen LogP contribution < -0.4 is 20.6 Å². The van der Waals surface area contributed by atoms with E-state index in [1.165, 1.54) is 0 Å². The number of hydrogen-bond acceptors (Lipinski definition) is 5.